The Morgan fingerprint density at radius 3 is 2.32 bits per heavy atom. The van der Waals surface area contributed by atoms with Crippen LogP contribution in [0.1, 0.15) is 78.5 Å². The Morgan fingerprint density at radius 1 is 0.682 bits per heavy atom. The van der Waals surface area contributed by atoms with Crippen molar-refractivity contribution in [3.8, 4) is 11.1 Å². The summed E-state index contributed by atoms with van der Waals surface area (Å²) < 4.78 is 0. The first kappa shape index (κ1) is 27.3. The molecule has 3 aromatic carbocycles. The molecule has 8 rings (SSSR count). The molecule has 0 radical (unpaired) electrons. The standard InChI is InChI=1S/C42H40N2/c1-2-8-29(9-3-1)34-16-17-39-40(28-34)42(36-13-7-11-33(27-36)31-20-24-44-25-21-31)38-15-5-4-14-37(38)41(39)35-12-6-10-32(26-35)30-18-22-43-23-19-30/h1-3,6-14,16-19,22-24,26-27,31,34,38-39,41H,4-5,15,20-21,25,28H2. The fraction of sp³-hybridized carbons (Fsp3) is 0.286. The van der Waals surface area contributed by atoms with Crippen LogP contribution in [0.4, 0.5) is 0 Å². The number of benzene rings is 3. The molecule has 2 heteroatoms. The molecule has 218 valence electrons. The summed E-state index contributed by atoms with van der Waals surface area (Å²) in [5.41, 5.74) is 13.2. The van der Waals surface area contributed by atoms with Gasteiger partial charge in [0.25, 0.3) is 0 Å². The third-order valence-corrected chi connectivity index (χ3v) is 10.6. The van der Waals surface area contributed by atoms with Crippen molar-refractivity contribution >= 4 is 11.8 Å². The van der Waals surface area contributed by atoms with Gasteiger partial charge >= 0.3 is 0 Å². The zero-order valence-corrected chi connectivity index (χ0v) is 25.4. The topological polar surface area (TPSA) is 25.2 Å². The van der Waals surface area contributed by atoms with Gasteiger partial charge in [0.2, 0.25) is 0 Å². The first-order valence-electron chi connectivity index (χ1n) is 16.6. The largest absolute Gasteiger partial charge is 0.297 e. The first-order chi connectivity index (χ1) is 21.8. The number of nitrogens with zero attached hydrogens (tertiary/aromatic N) is 2. The van der Waals surface area contributed by atoms with Crippen LogP contribution in [0.2, 0.25) is 0 Å². The second-order valence-corrected chi connectivity index (χ2v) is 13.0. The average Bonchev–Trinajstić information content (AvgIpc) is 3.11. The minimum Gasteiger partial charge on any atom is -0.297 e. The molecule has 4 aliphatic rings. The molecule has 0 saturated carbocycles. The predicted molar refractivity (Wildman–Crippen MR) is 183 cm³/mol. The van der Waals surface area contributed by atoms with Crippen LogP contribution in [0, 0.1) is 11.8 Å². The van der Waals surface area contributed by atoms with Gasteiger partial charge in [0.05, 0.1) is 0 Å². The van der Waals surface area contributed by atoms with Crippen molar-refractivity contribution in [3.05, 3.63) is 155 Å². The number of pyridine rings is 1. The van der Waals surface area contributed by atoms with Crippen molar-refractivity contribution in [2.45, 2.75) is 56.3 Å². The van der Waals surface area contributed by atoms with Crippen molar-refractivity contribution in [1.82, 2.24) is 4.98 Å². The number of rotatable bonds is 5. The minimum atomic E-state index is 0.365. The number of hydrogen-bond acceptors (Lipinski definition) is 2. The van der Waals surface area contributed by atoms with E-state index in [1.165, 1.54) is 52.6 Å². The number of allylic oxidation sites excluding steroid dienone is 6. The van der Waals surface area contributed by atoms with Gasteiger partial charge < -0.3 is 0 Å². The van der Waals surface area contributed by atoms with Crippen LogP contribution in [-0.4, -0.2) is 17.7 Å². The summed E-state index contributed by atoms with van der Waals surface area (Å²) >= 11 is 0. The van der Waals surface area contributed by atoms with Crippen LogP contribution in [-0.2, 0) is 0 Å². The maximum absolute atomic E-state index is 4.52. The fourth-order valence-corrected chi connectivity index (χ4v) is 8.47. The molecule has 5 atom stereocenters. The molecule has 1 aromatic heterocycles. The molecule has 0 amide bonds. The second-order valence-electron chi connectivity index (χ2n) is 13.0. The molecule has 0 spiro atoms. The van der Waals surface area contributed by atoms with Crippen LogP contribution in [0.15, 0.2) is 138 Å². The Kier molecular flexibility index (Phi) is 7.44. The summed E-state index contributed by atoms with van der Waals surface area (Å²) in [5.74, 6) is 2.19. The monoisotopic (exact) mass is 572 g/mol. The lowest BCUT2D eigenvalue weighted by atomic mass is 9.58. The number of aliphatic imine (C=N–C) groups is 1. The Hall–Kier alpha value is -4.30. The van der Waals surface area contributed by atoms with E-state index in [0.717, 1.165) is 25.8 Å². The number of aromatic nitrogens is 1. The van der Waals surface area contributed by atoms with Gasteiger partial charge in [-0.2, -0.15) is 0 Å². The van der Waals surface area contributed by atoms with E-state index in [2.05, 4.69) is 125 Å². The lowest BCUT2D eigenvalue weighted by molar-refractivity contribution is 0.471. The molecule has 4 aromatic rings. The van der Waals surface area contributed by atoms with Gasteiger partial charge in [-0.05, 0) is 102 Å². The van der Waals surface area contributed by atoms with E-state index in [1.54, 1.807) is 16.7 Å². The molecule has 0 saturated heterocycles. The van der Waals surface area contributed by atoms with Gasteiger partial charge in [-0.1, -0.05) is 108 Å². The lowest BCUT2D eigenvalue weighted by Crippen LogP contribution is -2.31. The van der Waals surface area contributed by atoms with Gasteiger partial charge in [0.15, 0.2) is 0 Å². The quantitative estimate of drug-likeness (QED) is 0.218. The molecule has 0 N–H and O–H groups in total. The molecule has 0 fully saturated rings. The summed E-state index contributed by atoms with van der Waals surface area (Å²) in [6.07, 6.45) is 20.6. The molecule has 5 unspecified atom stereocenters. The molecule has 2 nitrogen and oxygen atoms in total. The zero-order valence-electron chi connectivity index (χ0n) is 25.4. The average molecular weight is 573 g/mol. The fourth-order valence-electron chi connectivity index (χ4n) is 8.47. The second kappa shape index (κ2) is 12.0. The summed E-state index contributed by atoms with van der Waals surface area (Å²) in [6.45, 7) is 0.949. The zero-order chi connectivity index (χ0) is 29.3. The third-order valence-electron chi connectivity index (χ3n) is 10.6. The summed E-state index contributed by atoms with van der Waals surface area (Å²) in [6, 6.07) is 34.4. The van der Waals surface area contributed by atoms with E-state index < -0.39 is 0 Å². The molecule has 0 bridgehead atoms. The van der Waals surface area contributed by atoms with Crippen molar-refractivity contribution < 1.29 is 0 Å². The summed E-state index contributed by atoms with van der Waals surface area (Å²) in [5, 5.41) is 0. The normalized spacial score (nSPS) is 26.1. The molecule has 44 heavy (non-hydrogen) atoms. The Morgan fingerprint density at radius 2 is 1.48 bits per heavy atom. The van der Waals surface area contributed by atoms with Gasteiger partial charge in [-0.25, -0.2) is 0 Å². The van der Waals surface area contributed by atoms with Crippen LogP contribution >= 0.6 is 0 Å². The number of hydrogen-bond donors (Lipinski definition) is 0. The molecule has 2 heterocycles. The van der Waals surface area contributed by atoms with E-state index in [-0.39, 0.29) is 0 Å². The highest BCUT2D eigenvalue weighted by molar-refractivity contribution is 5.78. The Bertz CT molecular complexity index is 1760. The van der Waals surface area contributed by atoms with Crippen molar-refractivity contribution in [1.29, 1.82) is 0 Å². The Labute approximate surface area is 262 Å². The highest BCUT2D eigenvalue weighted by Crippen LogP contribution is 2.57. The van der Waals surface area contributed by atoms with E-state index in [1.807, 2.05) is 12.4 Å². The number of fused-ring (bicyclic) bond motifs is 2. The molecule has 1 aliphatic heterocycles. The van der Waals surface area contributed by atoms with E-state index in [4.69, 9.17) is 0 Å². The highest BCUT2D eigenvalue weighted by atomic mass is 14.7. The van der Waals surface area contributed by atoms with Gasteiger partial charge in [0, 0.05) is 42.6 Å². The van der Waals surface area contributed by atoms with Gasteiger partial charge in [-0.15, -0.1) is 0 Å². The summed E-state index contributed by atoms with van der Waals surface area (Å²) in [4.78, 5) is 8.79. The third kappa shape index (κ3) is 5.11. The minimum absolute atomic E-state index is 0.365. The van der Waals surface area contributed by atoms with E-state index >= 15 is 0 Å². The van der Waals surface area contributed by atoms with Crippen molar-refractivity contribution in [3.63, 3.8) is 0 Å². The van der Waals surface area contributed by atoms with Gasteiger partial charge in [0.1, 0.15) is 0 Å². The molecule has 3 aliphatic carbocycles. The van der Waals surface area contributed by atoms with Crippen LogP contribution < -0.4 is 0 Å². The highest BCUT2D eigenvalue weighted by Gasteiger charge is 2.43. The van der Waals surface area contributed by atoms with Crippen LogP contribution in [0.3, 0.4) is 0 Å². The molecular weight excluding hydrogens is 532 g/mol. The van der Waals surface area contributed by atoms with Crippen LogP contribution in [0.25, 0.3) is 16.7 Å². The van der Waals surface area contributed by atoms with E-state index in [0.29, 0.717) is 29.6 Å². The molecular formula is C42H40N2. The maximum atomic E-state index is 4.52. The lowest BCUT2D eigenvalue weighted by Gasteiger charge is -2.46. The predicted octanol–water partition coefficient (Wildman–Crippen LogP) is 10.3. The first-order valence-corrected chi connectivity index (χ1v) is 16.6. The van der Waals surface area contributed by atoms with Crippen molar-refractivity contribution in [2.24, 2.45) is 16.8 Å². The Balaban J connectivity index is 1.29. The van der Waals surface area contributed by atoms with Crippen LogP contribution in [0.5, 0.6) is 0 Å². The SMILES string of the molecule is C1=CC2C(=C(c3cccc(C4CC=NCC4)c3)C3CCCC=C3C2c2cccc(-c3ccncc3)c2)CC1c1ccccc1. The smallest absolute Gasteiger partial charge is 0.0391 e. The van der Waals surface area contributed by atoms with Gasteiger partial charge in [-0.3, -0.25) is 9.98 Å². The maximum Gasteiger partial charge on any atom is 0.0391 e. The van der Waals surface area contributed by atoms with E-state index in [9.17, 15) is 0 Å². The van der Waals surface area contributed by atoms with Crippen molar-refractivity contribution in [2.75, 3.05) is 6.54 Å². The summed E-state index contributed by atoms with van der Waals surface area (Å²) in [7, 11) is 0.